The molecule has 1 aliphatic rings. The number of hydrogen-bond acceptors (Lipinski definition) is 2. The molecule has 2 atom stereocenters. The predicted octanol–water partition coefficient (Wildman–Crippen LogP) is 2.69. The SMILES string of the molecule is CC1CC(C)CC(C)(OO)C1. The van der Waals surface area contributed by atoms with Crippen LogP contribution in [0.25, 0.3) is 0 Å². The van der Waals surface area contributed by atoms with Gasteiger partial charge >= 0.3 is 0 Å². The van der Waals surface area contributed by atoms with E-state index in [1.54, 1.807) is 0 Å². The highest BCUT2D eigenvalue weighted by atomic mass is 17.1. The Bertz CT molecular complexity index is 124. The first-order chi connectivity index (χ1) is 5.06. The van der Waals surface area contributed by atoms with E-state index in [1.165, 1.54) is 6.42 Å². The van der Waals surface area contributed by atoms with Crippen molar-refractivity contribution in [2.45, 2.75) is 45.6 Å². The highest BCUT2D eigenvalue weighted by Gasteiger charge is 2.35. The molecule has 0 saturated heterocycles. The molecular weight excluding hydrogens is 140 g/mol. The molecule has 0 bridgehead atoms. The zero-order valence-electron chi connectivity index (χ0n) is 7.63. The van der Waals surface area contributed by atoms with Crippen LogP contribution in [0, 0.1) is 11.8 Å². The van der Waals surface area contributed by atoms with Crippen molar-refractivity contribution in [3.05, 3.63) is 0 Å². The van der Waals surface area contributed by atoms with Crippen LogP contribution in [0.3, 0.4) is 0 Å². The van der Waals surface area contributed by atoms with Gasteiger partial charge in [0, 0.05) is 0 Å². The molecule has 0 heterocycles. The van der Waals surface area contributed by atoms with E-state index >= 15 is 0 Å². The Morgan fingerprint density at radius 2 is 1.73 bits per heavy atom. The molecule has 1 aliphatic carbocycles. The largest absolute Gasteiger partial charge is 0.251 e. The third kappa shape index (κ3) is 2.17. The van der Waals surface area contributed by atoms with Crippen LogP contribution >= 0.6 is 0 Å². The molecule has 1 saturated carbocycles. The van der Waals surface area contributed by atoms with Crippen molar-refractivity contribution in [1.82, 2.24) is 0 Å². The third-order valence-corrected chi connectivity index (χ3v) is 2.59. The molecule has 2 nitrogen and oxygen atoms in total. The first-order valence-corrected chi connectivity index (χ1v) is 4.38. The summed E-state index contributed by atoms with van der Waals surface area (Å²) >= 11 is 0. The zero-order chi connectivity index (χ0) is 8.48. The van der Waals surface area contributed by atoms with Crippen molar-refractivity contribution in [2.75, 3.05) is 0 Å². The van der Waals surface area contributed by atoms with Gasteiger partial charge in [-0.2, -0.15) is 0 Å². The maximum Gasteiger partial charge on any atom is 0.101 e. The van der Waals surface area contributed by atoms with Crippen LogP contribution < -0.4 is 0 Å². The van der Waals surface area contributed by atoms with Gasteiger partial charge in [0.2, 0.25) is 0 Å². The smallest absolute Gasteiger partial charge is 0.101 e. The average Bonchev–Trinajstić information content (AvgIpc) is 1.84. The molecule has 66 valence electrons. The molecule has 1 fully saturated rings. The summed E-state index contributed by atoms with van der Waals surface area (Å²) in [5.74, 6) is 1.35. The lowest BCUT2D eigenvalue weighted by atomic mass is 9.75. The molecule has 0 aliphatic heterocycles. The molecule has 2 heteroatoms. The summed E-state index contributed by atoms with van der Waals surface area (Å²) in [7, 11) is 0. The van der Waals surface area contributed by atoms with Crippen molar-refractivity contribution in [1.29, 1.82) is 0 Å². The number of hydrogen-bond donors (Lipinski definition) is 1. The molecule has 2 unspecified atom stereocenters. The lowest BCUT2D eigenvalue weighted by Gasteiger charge is -2.37. The summed E-state index contributed by atoms with van der Waals surface area (Å²) in [6, 6.07) is 0. The molecule has 1 rings (SSSR count). The first kappa shape index (κ1) is 9.01. The van der Waals surface area contributed by atoms with Gasteiger partial charge in [-0.15, -0.1) is 0 Å². The van der Waals surface area contributed by atoms with Gasteiger partial charge in [0.15, 0.2) is 0 Å². The molecule has 0 aromatic heterocycles. The lowest BCUT2D eigenvalue weighted by molar-refractivity contribution is -0.330. The van der Waals surface area contributed by atoms with Gasteiger partial charge in [-0.1, -0.05) is 13.8 Å². The van der Waals surface area contributed by atoms with Crippen molar-refractivity contribution in [3.63, 3.8) is 0 Å². The number of rotatable bonds is 1. The second-order valence-corrected chi connectivity index (χ2v) is 4.40. The van der Waals surface area contributed by atoms with E-state index in [-0.39, 0.29) is 5.60 Å². The van der Waals surface area contributed by atoms with Crippen molar-refractivity contribution in [2.24, 2.45) is 11.8 Å². The summed E-state index contributed by atoms with van der Waals surface area (Å²) in [5, 5.41) is 8.69. The quantitative estimate of drug-likeness (QED) is 0.469. The lowest BCUT2D eigenvalue weighted by Crippen LogP contribution is -2.36. The Balaban J connectivity index is 2.55. The minimum Gasteiger partial charge on any atom is -0.251 e. The minimum absolute atomic E-state index is 0.281. The summed E-state index contributed by atoms with van der Waals surface area (Å²) in [6.07, 6.45) is 3.22. The fourth-order valence-electron chi connectivity index (χ4n) is 2.49. The minimum atomic E-state index is -0.281. The van der Waals surface area contributed by atoms with Gasteiger partial charge < -0.3 is 0 Å². The molecule has 0 spiro atoms. The van der Waals surface area contributed by atoms with Crippen LogP contribution in [-0.4, -0.2) is 10.9 Å². The van der Waals surface area contributed by atoms with Crippen molar-refractivity contribution < 1.29 is 10.1 Å². The molecule has 0 aromatic rings. The Morgan fingerprint density at radius 3 is 2.09 bits per heavy atom. The first-order valence-electron chi connectivity index (χ1n) is 4.38. The summed E-state index contributed by atoms with van der Waals surface area (Å²) < 4.78 is 0. The second-order valence-electron chi connectivity index (χ2n) is 4.40. The maximum absolute atomic E-state index is 8.69. The maximum atomic E-state index is 8.69. The van der Waals surface area contributed by atoms with E-state index in [2.05, 4.69) is 18.7 Å². The Kier molecular flexibility index (Phi) is 2.55. The molecule has 0 amide bonds. The molecule has 1 N–H and O–H groups in total. The standard InChI is InChI=1S/C9H18O2/c1-7-4-8(2)6-9(3,5-7)11-10/h7-8,10H,4-6H2,1-3H3. The Labute approximate surface area is 68.5 Å². The van der Waals surface area contributed by atoms with E-state index in [0.717, 1.165) is 12.8 Å². The highest BCUT2D eigenvalue weighted by Crippen LogP contribution is 2.37. The van der Waals surface area contributed by atoms with Crippen LogP contribution in [0.15, 0.2) is 0 Å². The summed E-state index contributed by atoms with van der Waals surface area (Å²) in [6.45, 7) is 6.42. The normalized spacial score (nSPS) is 45.8. The van der Waals surface area contributed by atoms with Crippen LogP contribution in [0.2, 0.25) is 0 Å². The van der Waals surface area contributed by atoms with E-state index in [4.69, 9.17) is 5.26 Å². The van der Waals surface area contributed by atoms with Gasteiger partial charge in [0.1, 0.15) is 5.60 Å². The van der Waals surface area contributed by atoms with Crippen LogP contribution in [0.5, 0.6) is 0 Å². The zero-order valence-corrected chi connectivity index (χ0v) is 7.63. The highest BCUT2D eigenvalue weighted by molar-refractivity contribution is 4.84. The van der Waals surface area contributed by atoms with E-state index in [0.29, 0.717) is 11.8 Å². The molecule has 0 aromatic carbocycles. The van der Waals surface area contributed by atoms with Gasteiger partial charge in [-0.25, -0.2) is 4.89 Å². The predicted molar refractivity (Wildman–Crippen MR) is 44.3 cm³/mol. The van der Waals surface area contributed by atoms with E-state index in [1.807, 2.05) is 6.92 Å². The van der Waals surface area contributed by atoms with Gasteiger partial charge in [0.05, 0.1) is 0 Å². The third-order valence-electron chi connectivity index (χ3n) is 2.59. The molecular formula is C9H18O2. The molecule has 11 heavy (non-hydrogen) atoms. The van der Waals surface area contributed by atoms with Gasteiger partial charge in [0.25, 0.3) is 0 Å². The van der Waals surface area contributed by atoms with E-state index in [9.17, 15) is 0 Å². The fraction of sp³-hybridized carbons (Fsp3) is 1.00. The summed E-state index contributed by atoms with van der Waals surface area (Å²) in [5.41, 5.74) is -0.281. The van der Waals surface area contributed by atoms with Crippen LogP contribution in [-0.2, 0) is 4.89 Å². The average molecular weight is 158 g/mol. The monoisotopic (exact) mass is 158 g/mol. The Morgan fingerprint density at radius 1 is 1.27 bits per heavy atom. The van der Waals surface area contributed by atoms with Gasteiger partial charge in [-0.3, -0.25) is 5.26 Å². The van der Waals surface area contributed by atoms with Crippen LogP contribution in [0.1, 0.15) is 40.0 Å². The summed E-state index contributed by atoms with van der Waals surface area (Å²) in [4.78, 5) is 4.52. The van der Waals surface area contributed by atoms with Gasteiger partial charge in [-0.05, 0) is 38.0 Å². The molecule has 0 radical (unpaired) electrons. The van der Waals surface area contributed by atoms with Crippen molar-refractivity contribution in [3.8, 4) is 0 Å². The second kappa shape index (κ2) is 3.11. The van der Waals surface area contributed by atoms with E-state index < -0.39 is 0 Å². The fourth-order valence-corrected chi connectivity index (χ4v) is 2.49. The van der Waals surface area contributed by atoms with Crippen molar-refractivity contribution >= 4 is 0 Å². The van der Waals surface area contributed by atoms with Crippen LogP contribution in [0.4, 0.5) is 0 Å². The Hall–Kier alpha value is -0.0800. The topological polar surface area (TPSA) is 29.5 Å².